The summed E-state index contributed by atoms with van der Waals surface area (Å²) < 4.78 is 2.04. The first-order valence-corrected chi connectivity index (χ1v) is 6.03. The fraction of sp³-hybridized carbons (Fsp3) is 0.667. The van der Waals surface area contributed by atoms with Crippen LogP contribution in [0.3, 0.4) is 0 Å². The van der Waals surface area contributed by atoms with Crippen LogP contribution in [0.4, 0.5) is 0 Å². The zero-order valence-corrected chi connectivity index (χ0v) is 9.65. The van der Waals surface area contributed by atoms with Crippen molar-refractivity contribution >= 4 is 5.91 Å². The van der Waals surface area contributed by atoms with Crippen LogP contribution in [0, 0.1) is 5.92 Å². The van der Waals surface area contributed by atoms with Crippen molar-refractivity contribution in [2.75, 3.05) is 6.54 Å². The van der Waals surface area contributed by atoms with E-state index in [0.29, 0.717) is 11.8 Å². The highest BCUT2D eigenvalue weighted by atomic mass is 16.2. The molecule has 4 nitrogen and oxygen atoms in total. The maximum atomic E-state index is 12.1. The normalized spacial score (nSPS) is 20.4. The highest BCUT2D eigenvalue weighted by molar-refractivity contribution is 5.79. The molecule has 86 valence electrons. The van der Waals surface area contributed by atoms with Gasteiger partial charge in [-0.05, 0) is 12.8 Å². The van der Waals surface area contributed by atoms with Crippen molar-refractivity contribution < 1.29 is 4.79 Å². The topological polar surface area (TPSA) is 38.1 Å². The van der Waals surface area contributed by atoms with Gasteiger partial charge in [-0.15, -0.1) is 0 Å². The average Bonchev–Trinajstić information content (AvgIpc) is 2.57. The summed E-state index contributed by atoms with van der Waals surface area (Å²) >= 11 is 0. The van der Waals surface area contributed by atoms with Gasteiger partial charge in [0.25, 0.3) is 0 Å². The van der Waals surface area contributed by atoms with E-state index in [9.17, 15) is 4.79 Å². The van der Waals surface area contributed by atoms with Crippen molar-refractivity contribution in [2.45, 2.75) is 32.2 Å². The predicted octanol–water partition coefficient (Wildman–Crippen LogP) is 1.10. The van der Waals surface area contributed by atoms with Gasteiger partial charge in [0.05, 0.1) is 24.3 Å². The van der Waals surface area contributed by atoms with E-state index in [1.807, 2.05) is 22.8 Å². The van der Waals surface area contributed by atoms with Crippen LogP contribution < -0.4 is 0 Å². The van der Waals surface area contributed by atoms with Gasteiger partial charge in [0.15, 0.2) is 0 Å². The monoisotopic (exact) mass is 219 g/mol. The third-order valence-corrected chi connectivity index (χ3v) is 3.87. The molecule has 1 amide bonds. The van der Waals surface area contributed by atoms with Gasteiger partial charge in [0, 0.05) is 25.9 Å². The Balaban J connectivity index is 1.76. The summed E-state index contributed by atoms with van der Waals surface area (Å²) in [5, 5.41) is 0. The van der Waals surface area contributed by atoms with E-state index in [1.54, 1.807) is 0 Å². The molecule has 0 saturated heterocycles. The van der Waals surface area contributed by atoms with Gasteiger partial charge in [0.2, 0.25) is 5.91 Å². The van der Waals surface area contributed by atoms with Crippen molar-refractivity contribution in [3.63, 3.8) is 0 Å². The Bertz CT molecular complexity index is 420. The number of imidazole rings is 1. The second kappa shape index (κ2) is 3.61. The fourth-order valence-corrected chi connectivity index (χ4v) is 2.52. The van der Waals surface area contributed by atoms with Crippen LogP contribution in [-0.4, -0.2) is 26.9 Å². The van der Waals surface area contributed by atoms with Gasteiger partial charge in [-0.1, -0.05) is 6.42 Å². The van der Waals surface area contributed by atoms with Crippen molar-refractivity contribution in [1.29, 1.82) is 0 Å². The maximum Gasteiger partial charge on any atom is 0.226 e. The number of hydrogen-bond acceptors (Lipinski definition) is 2. The standard InChI is InChI=1S/C12H17N3O/c1-14-8-13-10-5-6-15(7-11(10)14)12(16)9-3-2-4-9/h8-9H,2-7H2,1H3. The van der Waals surface area contributed by atoms with E-state index in [0.717, 1.165) is 32.4 Å². The van der Waals surface area contributed by atoms with Crippen LogP contribution in [0.2, 0.25) is 0 Å². The smallest absolute Gasteiger partial charge is 0.226 e. The van der Waals surface area contributed by atoms with Crippen LogP contribution in [0.15, 0.2) is 6.33 Å². The number of fused-ring (bicyclic) bond motifs is 1. The Morgan fingerprint density at radius 2 is 2.31 bits per heavy atom. The minimum atomic E-state index is 0.315. The van der Waals surface area contributed by atoms with Crippen LogP contribution in [-0.2, 0) is 24.8 Å². The fourth-order valence-electron chi connectivity index (χ4n) is 2.52. The first-order chi connectivity index (χ1) is 7.75. The van der Waals surface area contributed by atoms with Crippen molar-refractivity contribution in [1.82, 2.24) is 14.5 Å². The summed E-state index contributed by atoms with van der Waals surface area (Å²) in [6, 6.07) is 0. The van der Waals surface area contributed by atoms with E-state index in [-0.39, 0.29) is 0 Å². The average molecular weight is 219 g/mol. The molecular weight excluding hydrogens is 202 g/mol. The third kappa shape index (κ3) is 1.44. The molecule has 2 heterocycles. The lowest BCUT2D eigenvalue weighted by Crippen LogP contribution is -2.42. The number of aromatic nitrogens is 2. The molecule has 0 N–H and O–H groups in total. The number of rotatable bonds is 1. The molecule has 1 fully saturated rings. The molecule has 1 aliphatic heterocycles. The molecule has 0 unspecified atom stereocenters. The lowest BCUT2D eigenvalue weighted by Gasteiger charge is -2.33. The second-order valence-electron chi connectivity index (χ2n) is 4.89. The number of hydrogen-bond donors (Lipinski definition) is 0. The molecule has 1 aliphatic carbocycles. The lowest BCUT2D eigenvalue weighted by atomic mass is 9.84. The van der Waals surface area contributed by atoms with Crippen LogP contribution >= 0.6 is 0 Å². The quantitative estimate of drug-likeness (QED) is 0.709. The summed E-state index contributed by atoms with van der Waals surface area (Å²) in [6.45, 7) is 1.60. The molecule has 0 bridgehead atoms. The van der Waals surface area contributed by atoms with E-state index in [4.69, 9.17) is 0 Å². The molecule has 4 heteroatoms. The minimum absolute atomic E-state index is 0.315. The molecule has 1 saturated carbocycles. The summed E-state index contributed by atoms with van der Waals surface area (Å²) in [5.74, 6) is 0.674. The maximum absolute atomic E-state index is 12.1. The van der Waals surface area contributed by atoms with Crippen molar-refractivity contribution in [3.8, 4) is 0 Å². The molecule has 0 radical (unpaired) electrons. The molecule has 0 spiro atoms. The van der Waals surface area contributed by atoms with Gasteiger partial charge < -0.3 is 9.47 Å². The van der Waals surface area contributed by atoms with Gasteiger partial charge >= 0.3 is 0 Å². The first kappa shape index (κ1) is 9.87. The van der Waals surface area contributed by atoms with Crippen molar-refractivity contribution in [3.05, 3.63) is 17.7 Å². The predicted molar refractivity (Wildman–Crippen MR) is 59.7 cm³/mol. The SMILES string of the molecule is Cn1cnc2c1CN(C(=O)C1CCC1)CC2. The Kier molecular flexibility index (Phi) is 2.23. The Hall–Kier alpha value is -1.32. The highest BCUT2D eigenvalue weighted by Crippen LogP contribution is 2.30. The van der Waals surface area contributed by atoms with Gasteiger partial charge in [0.1, 0.15) is 0 Å². The Morgan fingerprint density at radius 3 is 3.00 bits per heavy atom. The summed E-state index contributed by atoms with van der Waals surface area (Å²) in [7, 11) is 2.00. The van der Waals surface area contributed by atoms with Crippen LogP contribution in [0.5, 0.6) is 0 Å². The number of amides is 1. The van der Waals surface area contributed by atoms with E-state index >= 15 is 0 Å². The van der Waals surface area contributed by atoms with Gasteiger partial charge in [-0.3, -0.25) is 4.79 Å². The summed E-state index contributed by atoms with van der Waals surface area (Å²) in [5.41, 5.74) is 2.37. The zero-order valence-electron chi connectivity index (χ0n) is 9.65. The summed E-state index contributed by atoms with van der Waals surface area (Å²) in [6.07, 6.45) is 6.17. The van der Waals surface area contributed by atoms with E-state index < -0.39 is 0 Å². The lowest BCUT2D eigenvalue weighted by molar-refractivity contribution is -0.139. The van der Waals surface area contributed by atoms with Crippen LogP contribution in [0.25, 0.3) is 0 Å². The number of carbonyl (C=O) groups is 1. The molecular formula is C12H17N3O. The van der Waals surface area contributed by atoms with Gasteiger partial charge in [-0.25, -0.2) is 4.98 Å². The van der Waals surface area contributed by atoms with E-state index in [1.165, 1.54) is 17.8 Å². The highest BCUT2D eigenvalue weighted by Gasteiger charge is 2.31. The second-order valence-corrected chi connectivity index (χ2v) is 4.89. The molecule has 0 aromatic carbocycles. The number of carbonyl (C=O) groups excluding carboxylic acids is 1. The molecule has 1 aromatic heterocycles. The largest absolute Gasteiger partial charge is 0.336 e. The number of nitrogens with zero attached hydrogens (tertiary/aromatic N) is 3. The third-order valence-electron chi connectivity index (χ3n) is 3.87. The Labute approximate surface area is 95.3 Å². The molecule has 0 atom stereocenters. The molecule has 2 aliphatic rings. The van der Waals surface area contributed by atoms with Gasteiger partial charge in [-0.2, -0.15) is 0 Å². The zero-order chi connectivity index (χ0) is 11.1. The molecule has 16 heavy (non-hydrogen) atoms. The van der Waals surface area contributed by atoms with Crippen molar-refractivity contribution in [2.24, 2.45) is 13.0 Å². The minimum Gasteiger partial charge on any atom is -0.336 e. The number of aryl methyl sites for hydroxylation is 1. The first-order valence-electron chi connectivity index (χ1n) is 6.03. The Morgan fingerprint density at radius 1 is 1.50 bits per heavy atom. The van der Waals surface area contributed by atoms with E-state index in [2.05, 4.69) is 4.98 Å². The van der Waals surface area contributed by atoms with Crippen LogP contribution in [0.1, 0.15) is 30.7 Å². The summed E-state index contributed by atoms with van der Waals surface area (Å²) in [4.78, 5) is 18.5. The molecule has 3 rings (SSSR count). The molecule has 1 aromatic rings.